The summed E-state index contributed by atoms with van der Waals surface area (Å²) in [6.45, 7) is 3.78. The van der Waals surface area contributed by atoms with Gasteiger partial charge in [-0.05, 0) is 49.2 Å². The predicted octanol–water partition coefficient (Wildman–Crippen LogP) is 7.50. The maximum atomic E-state index is 15.3. The van der Waals surface area contributed by atoms with Gasteiger partial charge in [-0.15, -0.1) is 0 Å². The first-order chi connectivity index (χ1) is 16.8. The predicted molar refractivity (Wildman–Crippen MR) is 138 cm³/mol. The Balaban J connectivity index is 1.86. The number of aromatic nitrogens is 2. The third-order valence-electron chi connectivity index (χ3n) is 5.63. The number of carbonyl (C=O) groups is 1. The zero-order chi connectivity index (χ0) is 25.1. The molecule has 2 heterocycles. The average Bonchev–Trinajstić information content (AvgIpc) is 3.24. The van der Waals surface area contributed by atoms with E-state index in [4.69, 9.17) is 16.3 Å². The summed E-state index contributed by atoms with van der Waals surface area (Å²) in [6.07, 6.45) is 3.63. The fourth-order valence-corrected chi connectivity index (χ4v) is 4.45. The van der Waals surface area contributed by atoms with Crippen LogP contribution in [0.2, 0.25) is 5.02 Å². The van der Waals surface area contributed by atoms with Crippen molar-refractivity contribution >= 4 is 46.1 Å². The molecule has 1 atom stereocenters. The van der Waals surface area contributed by atoms with Crippen molar-refractivity contribution in [1.82, 2.24) is 9.55 Å². The molecule has 5 nitrogen and oxygen atoms in total. The molecule has 35 heavy (non-hydrogen) atoms. The summed E-state index contributed by atoms with van der Waals surface area (Å²) in [5.41, 5.74) is 1.61. The normalized spacial score (nSPS) is 12.2. The highest BCUT2D eigenvalue weighted by atomic mass is 35.5. The van der Waals surface area contributed by atoms with Crippen LogP contribution in [0.3, 0.4) is 0 Å². The van der Waals surface area contributed by atoms with Crippen LogP contribution in [0.5, 0.6) is 0 Å². The van der Waals surface area contributed by atoms with Gasteiger partial charge >= 0.3 is 0 Å². The van der Waals surface area contributed by atoms with E-state index in [0.29, 0.717) is 16.1 Å². The lowest BCUT2D eigenvalue weighted by atomic mass is 10.00. The number of benzene rings is 2. The fourth-order valence-electron chi connectivity index (χ4n) is 3.71. The number of ether oxygens (including phenoxy) is 1. The molecule has 4 rings (SSSR count). The molecule has 0 saturated carbocycles. The van der Waals surface area contributed by atoms with Crippen LogP contribution in [0.4, 0.5) is 14.5 Å². The molecule has 0 radical (unpaired) electrons. The number of fused-ring (bicyclic) bond motifs is 1. The Labute approximate surface area is 211 Å². The van der Waals surface area contributed by atoms with Crippen molar-refractivity contribution in [1.29, 1.82) is 0 Å². The molecule has 9 heteroatoms. The SMILES string of the molecule is CCCSNc1ccc(F)c(C(=O)c2cn(C(C)OC)c3ncc(-c4ccc(Cl)cc4)cc23)c1F. The third kappa shape index (κ3) is 5.05. The van der Waals surface area contributed by atoms with Crippen LogP contribution >= 0.6 is 23.5 Å². The summed E-state index contributed by atoms with van der Waals surface area (Å²) in [6, 6.07) is 11.4. The number of methoxy groups -OCH3 is 1. The highest BCUT2D eigenvalue weighted by molar-refractivity contribution is 8.00. The molecule has 4 aromatic rings. The number of ketones is 1. The second-order valence-electron chi connectivity index (χ2n) is 7.95. The maximum Gasteiger partial charge on any atom is 0.201 e. The van der Waals surface area contributed by atoms with Crippen LogP contribution in [0.1, 0.15) is 42.4 Å². The number of hydrogen-bond donors (Lipinski definition) is 1. The topological polar surface area (TPSA) is 56.2 Å². The van der Waals surface area contributed by atoms with Crippen LogP contribution in [0.25, 0.3) is 22.2 Å². The van der Waals surface area contributed by atoms with E-state index in [1.54, 1.807) is 35.9 Å². The molecule has 0 fully saturated rings. The standard InChI is InChI=1S/C26H24ClF2N3O2S/c1-4-11-35-31-22-10-9-21(28)23(24(22)29)25(33)20-14-32(15(2)34-3)26-19(20)12-17(13-30-26)16-5-7-18(27)8-6-16/h5-10,12-15,31H,4,11H2,1-3H3. The Kier molecular flexibility index (Phi) is 7.74. The van der Waals surface area contributed by atoms with Gasteiger partial charge in [-0.25, -0.2) is 13.8 Å². The van der Waals surface area contributed by atoms with E-state index < -0.39 is 29.2 Å². The van der Waals surface area contributed by atoms with Crippen molar-refractivity contribution in [2.45, 2.75) is 26.5 Å². The zero-order valence-electron chi connectivity index (χ0n) is 19.4. The summed E-state index contributed by atoms with van der Waals surface area (Å²) in [4.78, 5) is 18.1. The van der Waals surface area contributed by atoms with E-state index in [1.165, 1.54) is 31.3 Å². The van der Waals surface area contributed by atoms with Crippen molar-refractivity contribution in [3.8, 4) is 11.1 Å². The molecule has 182 valence electrons. The second kappa shape index (κ2) is 10.8. The quantitative estimate of drug-likeness (QED) is 0.142. The van der Waals surface area contributed by atoms with E-state index in [9.17, 15) is 9.18 Å². The summed E-state index contributed by atoms with van der Waals surface area (Å²) in [7, 11) is 1.53. The van der Waals surface area contributed by atoms with E-state index in [1.807, 2.05) is 19.1 Å². The lowest BCUT2D eigenvalue weighted by Gasteiger charge is -2.12. The summed E-state index contributed by atoms with van der Waals surface area (Å²) >= 11 is 7.30. The molecule has 0 aliphatic carbocycles. The van der Waals surface area contributed by atoms with Crippen LogP contribution < -0.4 is 4.72 Å². The average molecular weight is 516 g/mol. The van der Waals surface area contributed by atoms with Gasteiger partial charge in [-0.1, -0.05) is 42.6 Å². The number of rotatable bonds is 9. The van der Waals surface area contributed by atoms with Crippen LogP contribution in [-0.4, -0.2) is 28.2 Å². The molecule has 0 spiro atoms. The van der Waals surface area contributed by atoms with Gasteiger partial charge in [0.15, 0.2) is 5.82 Å². The number of carbonyl (C=O) groups excluding carboxylic acids is 1. The molecule has 2 aromatic heterocycles. The van der Waals surface area contributed by atoms with E-state index >= 15 is 4.39 Å². The molecule has 0 aliphatic heterocycles. The van der Waals surface area contributed by atoms with Gasteiger partial charge in [0, 0.05) is 41.2 Å². The van der Waals surface area contributed by atoms with E-state index in [-0.39, 0.29) is 11.3 Å². The van der Waals surface area contributed by atoms with Crippen molar-refractivity contribution in [3.05, 3.63) is 82.6 Å². The Bertz CT molecular complexity index is 1380. The van der Waals surface area contributed by atoms with Crippen molar-refractivity contribution in [2.24, 2.45) is 0 Å². The van der Waals surface area contributed by atoms with Crippen LogP contribution in [0.15, 0.2) is 54.9 Å². The first kappa shape index (κ1) is 25.2. The zero-order valence-corrected chi connectivity index (χ0v) is 21.0. The summed E-state index contributed by atoms with van der Waals surface area (Å²) in [5.74, 6) is -1.89. The van der Waals surface area contributed by atoms with Crippen molar-refractivity contribution in [2.75, 3.05) is 17.6 Å². The lowest BCUT2D eigenvalue weighted by molar-refractivity contribution is 0.0636. The van der Waals surface area contributed by atoms with Crippen molar-refractivity contribution < 1.29 is 18.3 Å². The van der Waals surface area contributed by atoms with Crippen LogP contribution in [-0.2, 0) is 4.74 Å². The number of anilines is 1. The van der Waals surface area contributed by atoms with Gasteiger partial charge in [0.1, 0.15) is 17.7 Å². The summed E-state index contributed by atoms with van der Waals surface area (Å²) < 4.78 is 40.1. The van der Waals surface area contributed by atoms with Crippen LogP contribution in [0, 0.1) is 11.6 Å². The number of hydrogen-bond acceptors (Lipinski definition) is 5. The van der Waals surface area contributed by atoms with Gasteiger partial charge in [0.05, 0.1) is 16.8 Å². The van der Waals surface area contributed by atoms with E-state index in [0.717, 1.165) is 29.4 Å². The minimum atomic E-state index is -0.930. The largest absolute Gasteiger partial charge is 0.362 e. The third-order valence-corrected chi connectivity index (χ3v) is 6.86. The Morgan fingerprint density at radius 2 is 1.94 bits per heavy atom. The minimum Gasteiger partial charge on any atom is -0.362 e. The minimum absolute atomic E-state index is 0.0576. The Morgan fingerprint density at radius 3 is 2.63 bits per heavy atom. The van der Waals surface area contributed by atoms with Gasteiger partial charge in [0.25, 0.3) is 0 Å². The van der Waals surface area contributed by atoms with Gasteiger partial charge in [-0.2, -0.15) is 0 Å². The molecule has 0 aliphatic rings. The molecule has 0 saturated heterocycles. The number of nitrogens with zero attached hydrogens (tertiary/aromatic N) is 2. The number of nitrogens with one attached hydrogen (secondary N) is 1. The molecule has 0 bridgehead atoms. The number of halogens is 3. The number of pyridine rings is 1. The van der Waals surface area contributed by atoms with Crippen molar-refractivity contribution in [3.63, 3.8) is 0 Å². The highest BCUT2D eigenvalue weighted by Crippen LogP contribution is 2.32. The van der Waals surface area contributed by atoms with Gasteiger partial charge in [0.2, 0.25) is 5.78 Å². The molecular weight excluding hydrogens is 492 g/mol. The molecule has 1 unspecified atom stereocenters. The molecule has 2 aromatic carbocycles. The smallest absolute Gasteiger partial charge is 0.201 e. The van der Waals surface area contributed by atoms with Gasteiger partial charge < -0.3 is 14.0 Å². The second-order valence-corrected chi connectivity index (χ2v) is 9.29. The van der Waals surface area contributed by atoms with E-state index in [2.05, 4.69) is 9.71 Å². The fraction of sp³-hybridized carbons (Fsp3) is 0.231. The van der Waals surface area contributed by atoms with Gasteiger partial charge in [-0.3, -0.25) is 4.79 Å². The molecular formula is C26H24ClF2N3O2S. The molecule has 1 N–H and O–H groups in total. The Hall–Kier alpha value is -2.94. The monoisotopic (exact) mass is 515 g/mol. The first-order valence-corrected chi connectivity index (χ1v) is 12.4. The lowest BCUT2D eigenvalue weighted by Crippen LogP contribution is -2.10. The summed E-state index contributed by atoms with van der Waals surface area (Å²) in [5, 5.41) is 1.05. The first-order valence-electron chi connectivity index (χ1n) is 11.1. The maximum absolute atomic E-state index is 15.3. The Morgan fingerprint density at radius 1 is 1.20 bits per heavy atom. The molecule has 0 amide bonds. The highest BCUT2D eigenvalue weighted by Gasteiger charge is 2.26.